The first-order valence-corrected chi connectivity index (χ1v) is 7.89. The van der Waals surface area contributed by atoms with Gasteiger partial charge in [0.25, 0.3) is 0 Å². The average molecular weight is 351 g/mol. The molecule has 1 heterocycles. The number of aromatic nitrogens is 1. The number of benzene rings is 2. The van der Waals surface area contributed by atoms with E-state index in [9.17, 15) is 4.79 Å². The summed E-state index contributed by atoms with van der Waals surface area (Å²) < 4.78 is 21.2. The molecule has 26 heavy (non-hydrogen) atoms. The highest BCUT2D eigenvalue weighted by Crippen LogP contribution is 2.22. The van der Waals surface area contributed by atoms with Crippen LogP contribution >= 0.6 is 0 Å². The van der Waals surface area contributed by atoms with Crippen LogP contribution in [0.5, 0.6) is 28.9 Å². The van der Waals surface area contributed by atoms with Gasteiger partial charge >= 0.3 is 5.97 Å². The molecule has 0 fully saturated rings. The molecule has 132 valence electrons. The first kappa shape index (κ1) is 17.3. The molecule has 0 aliphatic carbocycles. The third kappa shape index (κ3) is 4.98. The lowest BCUT2D eigenvalue weighted by Gasteiger charge is -2.08. The number of nitrogens with zero attached hydrogens (tertiary/aromatic N) is 1. The SMILES string of the molecule is COc1ccc(OC(=O)COc2ccc(Oc3ccccn3)cc2)cc1. The summed E-state index contributed by atoms with van der Waals surface area (Å²) >= 11 is 0. The molecule has 0 saturated carbocycles. The molecular formula is C20H17NO5. The van der Waals surface area contributed by atoms with Crippen LogP contribution in [0.1, 0.15) is 0 Å². The average Bonchev–Trinajstić information content (AvgIpc) is 2.69. The molecule has 6 nitrogen and oxygen atoms in total. The van der Waals surface area contributed by atoms with E-state index in [4.69, 9.17) is 18.9 Å². The second-order valence-electron chi connectivity index (χ2n) is 5.18. The van der Waals surface area contributed by atoms with Gasteiger partial charge in [-0.3, -0.25) is 0 Å². The van der Waals surface area contributed by atoms with E-state index in [0.717, 1.165) is 0 Å². The second kappa shape index (κ2) is 8.53. The Morgan fingerprint density at radius 2 is 1.50 bits per heavy atom. The van der Waals surface area contributed by atoms with Gasteiger partial charge in [-0.1, -0.05) is 6.07 Å². The van der Waals surface area contributed by atoms with Crippen LogP contribution in [0.3, 0.4) is 0 Å². The molecule has 0 spiro atoms. The number of pyridine rings is 1. The van der Waals surface area contributed by atoms with Crippen molar-refractivity contribution in [1.82, 2.24) is 4.98 Å². The Labute approximate surface area is 150 Å². The van der Waals surface area contributed by atoms with Crippen molar-refractivity contribution in [2.24, 2.45) is 0 Å². The highest BCUT2D eigenvalue weighted by Gasteiger charge is 2.07. The van der Waals surface area contributed by atoms with Crippen LogP contribution in [0.25, 0.3) is 0 Å². The van der Waals surface area contributed by atoms with Crippen molar-refractivity contribution in [3.8, 4) is 28.9 Å². The molecule has 1 aromatic heterocycles. The number of esters is 1. The van der Waals surface area contributed by atoms with E-state index < -0.39 is 5.97 Å². The molecule has 0 unspecified atom stereocenters. The molecular weight excluding hydrogens is 334 g/mol. The Bertz CT molecular complexity index is 832. The fourth-order valence-electron chi connectivity index (χ4n) is 2.08. The van der Waals surface area contributed by atoms with Gasteiger partial charge in [0.1, 0.15) is 23.0 Å². The van der Waals surface area contributed by atoms with Crippen LogP contribution in [-0.4, -0.2) is 24.7 Å². The van der Waals surface area contributed by atoms with E-state index in [0.29, 0.717) is 28.9 Å². The monoisotopic (exact) mass is 351 g/mol. The summed E-state index contributed by atoms with van der Waals surface area (Å²) in [5, 5.41) is 0. The van der Waals surface area contributed by atoms with Gasteiger partial charge < -0.3 is 18.9 Å². The zero-order valence-electron chi connectivity index (χ0n) is 14.1. The molecule has 3 rings (SSSR count). The molecule has 0 saturated heterocycles. The third-order valence-electron chi connectivity index (χ3n) is 3.33. The molecule has 0 amide bonds. The Morgan fingerprint density at radius 3 is 2.15 bits per heavy atom. The zero-order valence-corrected chi connectivity index (χ0v) is 14.1. The third-order valence-corrected chi connectivity index (χ3v) is 3.33. The van der Waals surface area contributed by atoms with E-state index in [1.165, 1.54) is 0 Å². The minimum absolute atomic E-state index is 0.202. The maximum Gasteiger partial charge on any atom is 0.349 e. The Kier molecular flexibility index (Phi) is 5.67. The van der Waals surface area contributed by atoms with Crippen LogP contribution in [-0.2, 0) is 4.79 Å². The Morgan fingerprint density at radius 1 is 0.846 bits per heavy atom. The maximum absolute atomic E-state index is 11.8. The predicted molar refractivity (Wildman–Crippen MR) is 94.9 cm³/mol. The fourth-order valence-corrected chi connectivity index (χ4v) is 2.08. The quantitative estimate of drug-likeness (QED) is 0.475. The number of carbonyl (C=O) groups excluding carboxylic acids is 1. The lowest BCUT2D eigenvalue weighted by atomic mass is 10.3. The van der Waals surface area contributed by atoms with Crippen molar-refractivity contribution in [3.05, 3.63) is 72.9 Å². The van der Waals surface area contributed by atoms with E-state index >= 15 is 0 Å². The van der Waals surface area contributed by atoms with Crippen molar-refractivity contribution in [3.63, 3.8) is 0 Å². The maximum atomic E-state index is 11.8. The number of ether oxygens (including phenoxy) is 4. The molecule has 0 aliphatic heterocycles. The summed E-state index contributed by atoms with van der Waals surface area (Å²) in [7, 11) is 1.57. The van der Waals surface area contributed by atoms with Crippen molar-refractivity contribution < 1.29 is 23.7 Å². The molecule has 6 heteroatoms. The van der Waals surface area contributed by atoms with Gasteiger partial charge in [0.2, 0.25) is 5.88 Å². The lowest BCUT2D eigenvalue weighted by molar-refractivity contribution is -0.136. The molecule has 3 aromatic rings. The van der Waals surface area contributed by atoms with Gasteiger partial charge in [-0.25, -0.2) is 9.78 Å². The first-order valence-electron chi connectivity index (χ1n) is 7.89. The fraction of sp³-hybridized carbons (Fsp3) is 0.100. The normalized spacial score (nSPS) is 10.0. The predicted octanol–water partition coefficient (Wildman–Crippen LogP) is 3.87. The highest BCUT2D eigenvalue weighted by atomic mass is 16.6. The number of carbonyl (C=O) groups is 1. The van der Waals surface area contributed by atoms with Gasteiger partial charge in [-0.05, 0) is 54.6 Å². The summed E-state index contributed by atoms with van der Waals surface area (Å²) in [6.07, 6.45) is 1.65. The number of hydrogen-bond donors (Lipinski definition) is 0. The molecule has 0 atom stereocenters. The summed E-state index contributed by atoms with van der Waals surface area (Å²) in [4.78, 5) is 15.9. The van der Waals surface area contributed by atoms with Gasteiger partial charge in [0.15, 0.2) is 6.61 Å². The largest absolute Gasteiger partial charge is 0.497 e. The Hall–Kier alpha value is -3.54. The summed E-state index contributed by atoms with van der Waals surface area (Å²) in [5.41, 5.74) is 0. The van der Waals surface area contributed by atoms with E-state index in [-0.39, 0.29) is 6.61 Å². The summed E-state index contributed by atoms with van der Waals surface area (Å²) in [6.45, 7) is -0.202. The molecule has 0 N–H and O–H groups in total. The van der Waals surface area contributed by atoms with Gasteiger partial charge in [-0.2, -0.15) is 0 Å². The van der Waals surface area contributed by atoms with Gasteiger partial charge in [0.05, 0.1) is 7.11 Å². The minimum Gasteiger partial charge on any atom is -0.497 e. The van der Waals surface area contributed by atoms with Gasteiger partial charge in [0, 0.05) is 12.3 Å². The number of methoxy groups -OCH3 is 1. The van der Waals surface area contributed by atoms with Crippen molar-refractivity contribution in [2.45, 2.75) is 0 Å². The van der Waals surface area contributed by atoms with E-state index in [1.54, 1.807) is 67.9 Å². The standard InChI is InChI=1S/C20H17NO5/c1-23-15-5-9-18(10-6-15)26-20(22)14-24-16-7-11-17(12-8-16)25-19-4-2-3-13-21-19/h2-13H,14H2,1H3. The van der Waals surface area contributed by atoms with E-state index in [1.807, 2.05) is 12.1 Å². The van der Waals surface area contributed by atoms with E-state index in [2.05, 4.69) is 4.98 Å². The zero-order chi connectivity index (χ0) is 18.2. The van der Waals surface area contributed by atoms with Crippen LogP contribution < -0.4 is 18.9 Å². The topological polar surface area (TPSA) is 66.9 Å². The number of rotatable bonds is 7. The first-order chi connectivity index (χ1) is 12.7. The van der Waals surface area contributed by atoms with Gasteiger partial charge in [-0.15, -0.1) is 0 Å². The van der Waals surface area contributed by atoms with Crippen LogP contribution in [0, 0.1) is 0 Å². The molecule has 0 radical (unpaired) electrons. The molecule has 0 aliphatic rings. The highest BCUT2D eigenvalue weighted by molar-refractivity contribution is 5.74. The minimum atomic E-state index is -0.496. The molecule has 0 bridgehead atoms. The number of hydrogen-bond acceptors (Lipinski definition) is 6. The smallest absolute Gasteiger partial charge is 0.349 e. The Balaban J connectivity index is 1.48. The van der Waals surface area contributed by atoms with Crippen molar-refractivity contribution >= 4 is 5.97 Å². The van der Waals surface area contributed by atoms with Crippen LogP contribution in [0.15, 0.2) is 72.9 Å². The van der Waals surface area contributed by atoms with Crippen LogP contribution in [0.4, 0.5) is 0 Å². The molecule has 2 aromatic carbocycles. The summed E-state index contributed by atoms with van der Waals surface area (Å²) in [5.74, 6) is 2.28. The second-order valence-corrected chi connectivity index (χ2v) is 5.18. The summed E-state index contributed by atoms with van der Waals surface area (Å²) in [6, 6.07) is 19.0. The lowest BCUT2D eigenvalue weighted by Crippen LogP contribution is -2.17. The van der Waals surface area contributed by atoms with Crippen molar-refractivity contribution in [1.29, 1.82) is 0 Å². The van der Waals surface area contributed by atoms with Crippen LogP contribution in [0.2, 0.25) is 0 Å². The van der Waals surface area contributed by atoms with Crippen molar-refractivity contribution in [2.75, 3.05) is 13.7 Å².